The van der Waals surface area contributed by atoms with Gasteiger partial charge in [-0.3, -0.25) is 14.9 Å². The summed E-state index contributed by atoms with van der Waals surface area (Å²) in [6, 6.07) is 6.81. The van der Waals surface area contributed by atoms with E-state index in [4.69, 9.17) is 9.47 Å². The Labute approximate surface area is 148 Å². The summed E-state index contributed by atoms with van der Waals surface area (Å²) in [6.07, 6.45) is 1.32. The molecule has 7 heteroatoms. The lowest BCUT2D eigenvalue weighted by Gasteiger charge is -2.12. The summed E-state index contributed by atoms with van der Waals surface area (Å²) >= 11 is 0. The van der Waals surface area contributed by atoms with E-state index in [1.807, 2.05) is 45.0 Å². The molecule has 3 amide bonds. The van der Waals surface area contributed by atoms with Crippen LogP contribution in [0.25, 0.3) is 0 Å². The Bertz CT molecular complexity index is 589. The fourth-order valence-corrected chi connectivity index (χ4v) is 1.99. The number of imide groups is 1. The second-order valence-electron chi connectivity index (χ2n) is 5.53. The highest BCUT2D eigenvalue weighted by Gasteiger charge is 2.13. The maximum absolute atomic E-state index is 11.8. The molecule has 0 aromatic heterocycles. The Morgan fingerprint density at radius 2 is 1.88 bits per heavy atom. The quantitative estimate of drug-likeness (QED) is 0.666. The van der Waals surface area contributed by atoms with Crippen molar-refractivity contribution >= 4 is 17.9 Å². The minimum absolute atomic E-state index is 0.0410. The molecule has 0 fully saturated rings. The molecule has 0 aliphatic heterocycles. The minimum atomic E-state index is -0.663. The third-order valence-corrected chi connectivity index (χ3v) is 3.48. The third-order valence-electron chi connectivity index (χ3n) is 3.48. The first-order chi connectivity index (χ1) is 12.0. The Morgan fingerprint density at radius 3 is 2.56 bits per heavy atom. The lowest BCUT2D eigenvalue weighted by atomic mass is 10.1. The molecule has 0 unspecified atom stereocenters. The van der Waals surface area contributed by atoms with Gasteiger partial charge in [0.05, 0.1) is 6.61 Å². The van der Waals surface area contributed by atoms with Crippen LogP contribution in [-0.2, 0) is 20.7 Å². The van der Waals surface area contributed by atoms with Crippen molar-refractivity contribution in [1.29, 1.82) is 0 Å². The van der Waals surface area contributed by atoms with Crippen LogP contribution in [0.15, 0.2) is 24.3 Å². The molecule has 0 radical (unpaired) electrons. The molecule has 1 atom stereocenters. The largest absolute Gasteiger partial charge is 0.494 e. The van der Waals surface area contributed by atoms with Crippen molar-refractivity contribution in [3.8, 4) is 5.75 Å². The standard InChI is InChI=1S/C18H26N2O5/c1-4-13(3)19-18(23)20-16(21)12-25-17(22)11-10-14-8-6-7-9-15(14)24-5-2/h6-9,13H,4-5,10-12H2,1-3H3,(H2,19,20,21,23)/t13-/m1/s1. The number of esters is 1. The van der Waals surface area contributed by atoms with Gasteiger partial charge in [-0.2, -0.15) is 0 Å². The second kappa shape index (κ2) is 11.1. The first kappa shape index (κ1) is 20.5. The highest BCUT2D eigenvalue weighted by atomic mass is 16.5. The van der Waals surface area contributed by atoms with Gasteiger partial charge in [-0.1, -0.05) is 25.1 Å². The van der Waals surface area contributed by atoms with Crippen LogP contribution in [0.4, 0.5) is 4.79 Å². The molecular formula is C18H26N2O5. The molecule has 1 aromatic carbocycles. The van der Waals surface area contributed by atoms with Crippen LogP contribution < -0.4 is 15.4 Å². The van der Waals surface area contributed by atoms with Crippen molar-refractivity contribution < 1.29 is 23.9 Å². The first-order valence-electron chi connectivity index (χ1n) is 8.42. The van der Waals surface area contributed by atoms with Gasteiger partial charge in [-0.05, 0) is 38.3 Å². The van der Waals surface area contributed by atoms with Crippen molar-refractivity contribution in [3.63, 3.8) is 0 Å². The van der Waals surface area contributed by atoms with Crippen LogP contribution in [0.5, 0.6) is 5.75 Å². The van der Waals surface area contributed by atoms with E-state index in [0.717, 1.165) is 17.7 Å². The van der Waals surface area contributed by atoms with Crippen LogP contribution in [-0.4, -0.2) is 37.2 Å². The number of amides is 3. The molecule has 138 valence electrons. The molecule has 0 saturated carbocycles. The Kier molecular flexibility index (Phi) is 9.06. The molecule has 0 bridgehead atoms. The maximum atomic E-state index is 11.8. The monoisotopic (exact) mass is 350 g/mol. The zero-order chi connectivity index (χ0) is 18.7. The Hall–Kier alpha value is -2.57. The van der Waals surface area contributed by atoms with Crippen LogP contribution in [0.1, 0.15) is 39.2 Å². The average molecular weight is 350 g/mol. The van der Waals surface area contributed by atoms with Crippen molar-refractivity contribution in [2.75, 3.05) is 13.2 Å². The third kappa shape index (κ3) is 8.19. The van der Waals surface area contributed by atoms with E-state index in [1.54, 1.807) is 0 Å². The number of para-hydroxylation sites is 1. The van der Waals surface area contributed by atoms with E-state index in [2.05, 4.69) is 10.6 Å². The Morgan fingerprint density at radius 1 is 1.16 bits per heavy atom. The summed E-state index contributed by atoms with van der Waals surface area (Å²) in [4.78, 5) is 34.8. The highest BCUT2D eigenvalue weighted by Crippen LogP contribution is 2.19. The summed E-state index contributed by atoms with van der Waals surface area (Å²) in [7, 11) is 0. The van der Waals surface area contributed by atoms with Gasteiger partial charge >= 0.3 is 12.0 Å². The number of hydrogen-bond acceptors (Lipinski definition) is 5. The zero-order valence-electron chi connectivity index (χ0n) is 15.0. The SMILES string of the molecule is CCOc1ccccc1CCC(=O)OCC(=O)NC(=O)N[C@H](C)CC. The number of urea groups is 1. The first-order valence-corrected chi connectivity index (χ1v) is 8.42. The molecule has 1 rings (SSSR count). The number of nitrogens with one attached hydrogen (secondary N) is 2. The van der Waals surface area contributed by atoms with Gasteiger partial charge in [-0.15, -0.1) is 0 Å². The minimum Gasteiger partial charge on any atom is -0.494 e. The summed E-state index contributed by atoms with van der Waals surface area (Å²) in [5.41, 5.74) is 0.902. The topological polar surface area (TPSA) is 93.7 Å². The smallest absolute Gasteiger partial charge is 0.321 e. The lowest BCUT2D eigenvalue weighted by Crippen LogP contribution is -2.44. The van der Waals surface area contributed by atoms with E-state index < -0.39 is 24.5 Å². The van der Waals surface area contributed by atoms with Crippen LogP contribution in [0, 0.1) is 0 Å². The van der Waals surface area contributed by atoms with Crippen molar-refractivity contribution in [2.45, 2.75) is 46.1 Å². The van der Waals surface area contributed by atoms with E-state index in [-0.39, 0.29) is 12.5 Å². The molecule has 25 heavy (non-hydrogen) atoms. The van der Waals surface area contributed by atoms with Gasteiger partial charge in [0.25, 0.3) is 5.91 Å². The van der Waals surface area contributed by atoms with Crippen LogP contribution in [0.3, 0.4) is 0 Å². The fraction of sp³-hybridized carbons (Fsp3) is 0.500. The van der Waals surface area contributed by atoms with Crippen LogP contribution in [0.2, 0.25) is 0 Å². The Balaban J connectivity index is 2.33. The predicted octanol–water partition coefficient (Wildman–Crippen LogP) is 2.19. The molecule has 0 aliphatic carbocycles. The number of rotatable bonds is 9. The number of aryl methyl sites for hydroxylation is 1. The van der Waals surface area contributed by atoms with E-state index >= 15 is 0 Å². The average Bonchev–Trinajstić information content (AvgIpc) is 2.59. The van der Waals surface area contributed by atoms with Gasteiger partial charge in [0.1, 0.15) is 5.75 Å². The summed E-state index contributed by atoms with van der Waals surface area (Å²) in [5, 5.41) is 4.70. The molecule has 7 nitrogen and oxygen atoms in total. The van der Waals surface area contributed by atoms with Crippen molar-refractivity contribution in [3.05, 3.63) is 29.8 Å². The maximum Gasteiger partial charge on any atom is 0.321 e. The number of carbonyl (C=O) groups is 3. The van der Waals surface area contributed by atoms with Gasteiger partial charge in [0.2, 0.25) is 0 Å². The molecule has 2 N–H and O–H groups in total. The molecule has 1 aromatic rings. The highest BCUT2D eigenvalue weighted by molar-refractivity contribution is 5.95. The van der Waals surface area contributed by atoms with Gasteiger partial charge < -0.3 is 14.8 Å². The van der Waals surface area contributed by atoms with Crippen molar-refractivity contribution in [2.24, 2.45) is 0 Å². The van der Waals surface area contributed by atoms with Gasteiger partial charge in [0.15, 0.2) is 6.61 Å². The summed E-state index contributed by atoms with van der Waals surface area (Å²) < 4.78 is 10.4. The number of ether oxygens (including phenoxy) is 2. The molecular weight excluding hydrogens is 324 g/mol. The van der Waals surface area contributed by atoms with E-state index in [1.165, 1.54) is 0 Å². The number of benzene rings is 1. The second-order valence-corrected chi connectivity index (χ2v) is 5.53. The fourth-order valence-electron chi connectivity index (χ4n) is 1.99. The van der Waals surface area contributed by atoms with Crippen molar-refractivity contribution in [1.82, 2.24) is 10.6 Å². The number of carbonyl (C=O) groups excluding carboxylic acids is 3. The molecule has 0 spiro atoms. The van der Waals surface area contributed by atoms with Gasteiger partial charge in [0, 0.05) is 12.5 Å². The van der Waals surface area contributed by atoms with E-state index in [0.29, 0.717) is 13.0 Å². The molecule has 0 saturated heterocycles. The van der Waals surface area contributed by atoms with Gasteiger partial charge in [-0.25, -0.2) is 4.79 Å². The molecule has 0 heterocycles. The predicted molar refractivity (Wildman–Crippen MR) is 93.3 cm³/mol. The lowest BCUT2D eigenvalue weighted by molar-refractivity contribution is -0.148. The zero-order valence-corrected chi connectivity index (χ0v) is 15.0. The number of hydrogen-bond donors (Lipinski definition) is 2. The molecule has 0 aliphatic rings. The summed E-state index contributed by atoms with van der Waals surface area (Å²) in [5.74, 6) is -0.440. The van der Waals surface area contributed by atoms with Crippen LogP contribution >= 0.6 is 0 Å². The normalized spacial score (nSPS) is 11.3. The summed E-state index contributed by atoms with van der Waals surface area (Å²) in [6.45, 7) is 5.68. The van der Waals surface area contributed by atoms with E-state index in [9.17, 15) is 14.4 Å².